The number of aliphatic hydroxyl groups is 5. The summed E-state index contributed by atoms with van der Waals surface area (Å²) < 4.78 is 4.92. The first-order valence-electron chi connectivity index (χ1n) is 6.10. The largest absolute Gasteiger partial charge is 0.453 e. The van der Waals surface area contributed by atoms with Gasteiger partial charge in [-0.1, -0.05) is 18.2 Å². The van der Waals surface area contributed by atoms with E-state index in [9.17, 15) is 30.3 Å². The van der Waals surface area contributed by atoms with Gasteiger partial charge in [0.2, 0.25) is 0 Å². The molecule has 0 amide bonds. The normalized spacial score (nSPS) is 37.5. The molecule has 1 aromatic rings. The molecule has 4 atom stereocenters. The maximum absolute atomic E-state index is 11.8. The highest BCUT2D eigenvalue weighted by Crippen LogP contribution is 2.24. The third-order valence-electron chi connectivity index (χ3n) is 3.33. The summed E-state index contributed by atoms with van der Waals surface area (Å²) in [5.41, 5.74) is 0.196. The molecular formula is C13H16O7. The number of ether oxygens (including phenoxy) is 1. The van der Waals surface area contributed by atoms with Gasteiger partial charge in [0.05, 0.1) is 5.56 Å². The summed E-state index contributed by atoms with van der Waals surface area (Å²) in [6.45, 7) is 0. The lowest BCUT2D eigenvalue weighted by Crippen LogP contribution is -2.64. The second-order valence-corrected chi connectivity index (χ2v) is 4.69. The zero-order valence-electron chi connectivity index (χ0n) is 10.4. The van der Waals surface area contributed by atoms with E-state index in [1.54, 1.807) is 18.2 Å². The molecule has 5 N–H and O–H groups in total. The van der Waals surface area contributed by atoms with Gasteiger partial charge in [0.25, 0.3) is 0 Å². The van der Waals surface area contributed by atoms with Crippen molar-refractivity contribution in [3.05, 3.63) is 35.9 Å². The summed E-state index contributed by atoms with van der Waals surface area (Å²) in [4.78, 5) is 11.8. The lowest BCUT2D eigenvalue weighted by molar-refractivity contribution is -0.223. The summed E-state index contributed by atoms with van der Waals surface area (Å²) in [6.07, 6.45) is -10.1. The molecule has 0 saturated heterocycles. The van der Waals surface area contributed by atoms with Crippen LogP contribution in [-0.4, -0.2) is 68.1 Å². The monoisotopic (exact) mass is 284 g/mol. The van der Waals surface area contributed by atoms with Crippen molar-refractivity contribution in [2.75, 3.05) is 0 Å². The molecule has 0 heterocycles. The Morgan fingerprint density at radius 3 is 1.75 bits per heavy atom. The van der Waals surface area contributed by atoms with Crippen molar-refractivity contribution >= 4 is 5.97 Å². The maximum Gasteiger partial charge on any atom is 0.338 e. The lowest BCUT2D eigenvalue weighted by atomic mass is 9.85. The first kappa shape index (κ1) is 14.9. The van der Waals surface area contributed by atoms with E-state index in [1.807, 2.05) is 0 Å². The van der Waals surface area contributed by atoms with Gasteiger partial charge in [0.1, 0.15) is 30.5 Å². The average Bonchev–Trinajstić information content (AvgIpc) is 2.48. The highest BCUT2D eigenvalue weighted by molar-refractivity contribution is 5.89. The fraction of sp³-hybridized carbons (Fsp3) is 0.462. The minimum atomic E-state index is -1.72. The van der Waals surface area contributed by atoms with E-state index >= 15 is 0 Å². The molecule has 7 nitrogen and oxygen atoms in total. The van der Waals surface area contributed by atoms with E-state index < -0.39 is 42.6 Å². The van der Waals surface area contributed by atoms with Crippen molar-refractivity contribution in [3.63, 3.8) is 0 Å². The molecule has 1 aliphatic rings. The first-order chi connectivity index (χ1) is 9.43. The SMILES string of the molecule is O=C(OC1C(O)C(O)C(O)C(O)C1O)c1ccccc1. The number of hydrogen-bond donors (Lipinski definition) is 5. The molecule has 4 unspecified atom stereocenters. The van der Waals surface area contributed by atoms with Crippen LogP contribution in [0.15, 0.2) is 30.3 Å². The Hall–Kier alpha value is -1.51. The van der Waals surface area contributed by atoms with Crippen LogP contribution in [0.25, 0.3) is 0 Å². The molecule has 20 heavy (non-hydrogen) atoms. The van der Waals surface area contributed by atoms with Crippen LogP contribution in [0.1, 0.15) is 10.4 Å². The van der Waals surface area contributed by atoms with Crippen LogP contribution in [0, 0.1) is 0 Å². The molecule has 0 spiro atoms. The molecule has 1 saturated carbocycles. The van der Waals surface area contributed by atoms with Crippen molar-refractivity contribution < 1.29 is 35.1 Å². The van der Waals surface area contributed by atoms with E-state index in [2.05, 4.69) is 0 Å². The summed E-state index contributed by atoms with van der Waals surface area (Å²) >= 11 is 0. The predicted octanol–water partition coefficient (Wildman–Crippen LogP) is -1.97. The van der Waals surface area contributed by atoms with Gasteiger partial charge in [-0.25, -0.2) is 4.79 Å². The fourth-order valence-corrected chi connectivity index (χ4v) is 2.10. The predicted molar refractivity (Wildman–Crippen MR) is 65.7 cm³/mol. The van der Waals surface area contributed by atoms with E-state index in [-0.39, 0.29) is 5.56 Å². The van der Waals surface area contributed by atoms with Gasteiger partial charge in [0, 0.05) is 0 Å². The Bertz CT molecular complexity index is 447. The van der Waals surface area contributed by atoms with Crippen molar-refractivity contribution in [3.8, 4) is 0 Å². The van der Waals surface area contributed by atoms with Crippen molar-refractivity contribution in [2.45, 2.75) is 36.6 Å². The summed E-state index contributed by atoms with van der Waals surface area (Å²) in [5.74, 6) is -0.815. The van der Waals surface area contributed by atoms with Crippen LogP contribution >= 0.6 is 0 Å². The van der Waals surface area contributed by atoms with E-state index in [0.29, 0.717) is 0 Å². The molecule has 0 bridgehead atoms. The molecule has 110 valence electrons. The quantitative estimate of drug-likeness (QED) is 0.399. The minimum absolute atomic E-state index is 0.196. The fourth-order valence-electron chi connectivity index (χ4n) is 2.10. The summed E-state index contributed by atoms with van der Waals surface area (Å²) in [5, 5.41) is 47.9. The maximum atomic E-state index is 11.8. The Labute approximate surface area is 114 Å². The van der Waals surface area contributed by atoms with Crippen LogP contribution in [0.3, 0.4) is 0 Å². The number of esters is 1. The van der Waals surface area contributed by atoms with Gasteiger partial charge in [0.15, 0.2) is 6.10 Å². The van der Waals surface area contributed by atoms with Crippen LogP contribution in [-0.2, 0) is 4.74 Å². The zero-order valence-corrected chi connectivity index (χ0v) is 10.4. The molecule has 1 fully saturated rings. The van der Waals surface area contributed by atoms with Gasteiger partial charge in [-0.15, -0.1) is 0 Å². The van der Waals surface area contributed by atoms with Gasteiger partial charge in [-0.2, -0.15) is 0 Å². The summed E-state index contributed by atoms with van der Waals surface area (Å²) in [6, 6.07) is 7.87. The van der Waals surface area contributed by atoms with Crippen molar-refractivity contribution in [1.82, 2.24) is 0 Å². The Morgan fingerprint density at radius 2 is 1.25 bits per heavy atom. The van der Waals surface area contributed by atoms with Gasteiger partial charge < -0.3 is 30.3 Å². The van der Waals surface area contributed by atoms with Crippen molar-refractivity contribution in [1.29, 1.82) is 0 Å². The van der Waals surface area contributed by atoms with Gasteiger partial charge in [-0.05, 0) is 12.1 Å². The zero-order chi connectivity index (χ0) is 14.9. The first-order valence-corrected chi connectivity index (χ1v) is 6.10. The van der Waals surface area contributed by atoms with Crippen molar-refractivity contribution in [2.24, 2.45) is 0 Å². The molecule has 2 rings (SSSR count). The number of carbonyl (C=O) groups excluding carboxylic acids is 1. The summed E-state index contributed by atoms with van der Waals surface area (Å²) in [7, 11) is 0. The van der Waals surface area contributed by atoms with E-state index in [1.165, 1.54) is 12.1 Å². The van der Waals surface area contributed by atoms with Gasteiger partial charge in [-0.3, -0.25) is 0 Å². The lowest BCUT2D eigenvalue weighted by Gasteiger charge is -2.41. The van der Waals surface area contributed by atoms with E-state index in [4.69, 9.17) is 4.74 Å². The number of rotatable bonds is 2. The minimum Gasteiger partial charge on any atom is -0.453 e. The molecular weight excluding hydrogens is 268 g/mol. The second-order valence-electron chi connectivity index (χ2n) is 4.69. The molecule has 0 aliphatic heterocycles. The number of carbonyl (C=O) groups is 1. The van der Waals surface area contributed by atoms with E-state index in [0.717, 1.165) is 0 Å². The smallest absolute Gasteiger partial charge is 0.338 e. The highest BCUT2D eigenvalue weighted by atomic mass is 16.6. The Morgan fingerprint density at radius 1 is 0.800 bits per heavy atom. The highest BCUT2D eigenvalue weighted by Gasteiger charge is 2.50. The second kappa shape index (κ2) is 5.86. The van der Waals surface area contributed by atoms with Crippen LogP contribution in [0.2, 0.25) is 0 Å². The molecule has 0 radical (unpaired) electrons. The van der Waals surface area contributed by atoms with Crippen LogP contribution < -0.4 is 0 Å². The molecule has 7 heteroatoms. The van der Waals surface area contributed by atoms with Crippen LogP contribution in [0.4, 0.5) is 0 Å². The molecule has 0 aromatic heterocycles. The van der Waals surface area contributed by atoms with Gasteiger partial charge >= 0.3 is 5.97 Å². The number of benzene rings is 1. The Kier molecular flexibility index (Phi) is 4.36. The average molecular weight is 284 g/mol. The third kappa shape index (κ3) is 2.67. The standard InChI is InChI=1S/C13H16O7/c14-7-8(15)10(17)12(11(18)9(7)16)20-13(19)6-4-2-1-3-5-6/h1-5,7-12,14-18H. The third-order valence-corrected chi connectivity index (χ3v) is 3.33. The number of hydrogen-bond acceptors (Lipinski definition) is 7. The van der Waals surface area contributed by atoms with Crippen LogP contribution in [0.5, 0.6) is 0 Å². The molecule has 1 aromatic carbocycles. The Balaban J connectivity index is 2.13. The topological polar surface area (TPSA) is 127 Å². The molecule has 1 aliphatic carbocycles. The number of aliphatic hydroxyl groups excluding tert-OH is 5.